The molecule has 0 aliphatic rings. The Morgan fingerprint density at radius 1 is 1.04 bits per heavy atom. The summed E-state index contributed by atoms with van der Waals surface area (Å²) < 4.78 is 12.5. The van der Waals surface area contributed by atoms with E-state index in [4.69, 9.17) is 9.47 Å². The molecule has 26 heavy (non-hydrogen) atoms. The van der Waals surface area contributed by atoms with Crippen LogP contribution in [-0.2, 0) is 6.54 Å². The van der Waals surface area contributed by atoms with Crippen LogP contribution in [0.2, 0.25) is 0 Å². The van der Waals surface area contributed by atoms with E-state index in [2.05, 4.69) is 38.1 Å². The molecular weight excluding hydrogens is 398 g/mol. The highest BCUT2D eigenvalue weighted by molar-refractivity contribution is 9.10. The minimum Gasteiger partial charge on any atom is -0.490 e. The molecule has 138 valence electrons. The van der Waals surface area contributed by atoms with Gasteiger partial charge in [-0.15, -0.1) is 0 Å². The minimum atomic E-state index is -0.205. The number of halogens is 1. The van der Waals surface area contributed by atoms with E-state index in [1.165, 1.54) is 0 Å². The number of nitrogens with one attached hydrogen (secondary N) is 3. The predicted molar refractivity (Wildman–Crippen MR) is 107 cm³/mol. The lowest BCUT2D eigenvalue weighted by molar-refractivity contribution is 0.276. The second kappa shape index (κ2) is 8.31. The van der Waals surface area contributed by atoms with Gasteiger partial charge in [0, 0.05) is 16.7 Å². The van der Waals surface area contributed by atoms with Gasteiger partial charge in [0.2, 0.25) is 0 Å². The first-order valence-electron chi connectivity index (χ1n) is 8.64. The fourth-order valence-electron chi connectivity index (χ4n) is 2.65. The van der Waals surface area contributed by atoms with Gasteiger partial charge in [-0.05, 0) is 49.2 Å². The van der Waals surface area contributed by atoms with Gasteiger partial charge in [-0.2, -0.15) is 0 Å². The van der Waals surface area contributed by atoms with Crippen molar-refractivity contribution in [3.05, 3.63) is 50.9 Å². The molecule has 0 atom stereocenters. The van der Waals surface area contributed by atoms with Crippen LogP contribution in [0.3, 0.4) is 0 Å². The summed E-state index contributed by atoms with van der Waals surface area (Å²) in [5, 5.41) is 3.37. The van der Waals surface area contributed by atoms with Crippen LogP contribution < -0.4 is 20.5 Å². The first-order valence-corrected chi connectivity index (χ1v) is 9.44. The summed E-state index contributed by atoms with van der Waals surface area (Å²) in [6.07, 6.45) is 0.941. The van der Waals surface area contributed by atoms with Crippen molar-refractivity contribution in [2.24, 2.45) is 0 Å². The van der Waals surface area contributed by atoms with Crippen molar-refractivity contribution in [2.75, 3.05) is 18.5 Å². The molecule has 0 amide bonds. The summed E-state index contributed by atoms with van der Waals surface area (Å²) in [6.45, 7) is 5.86. The maximum absolute atomic E-state index is 11.4. The molecule has 6 nitrogen and oxygen atoms in total. The molecule has 0 unspecified atom stereocenters. The van der Waals surface area contributed by atoms with Crippen LogP contribution in [0.5, 0.6) is 11.5 Å². The molecule has 0 fully saturated rings. The molecule has 3 aromatic rings. The van der Waals surface area contributed by atoms with Gasteiger partial charge in [0.1, 0.15) is 0 Å². The van der Waals surface area contributed by atoms with Crippen LogP contribution in [0.15, 0.2) is 39.6 Å². The Bertz CT molecular complexity index is 949. The van der Waals surface area contributed by atoms with Crippen molar-refractivity contribution in [3.63, 3.8) is 0 Å². The average molecular weight is 420 g/mol. The third kappa shape index (κ3) is 4.22. The van der Waals surface area contributed by atoms with E-state index < -0.39 is 0 Å². The maximum atomic E-state index is 11.4. The lowest BCUT2D eigenvalue weighted by Crippen LogP contribution is -2.04. The number of ether oxygens (including phenoxy) is 2. The Hall–Kier alpha value is -2.41. The van der Waals surface area contributed by atoms with Gasteiger partial charge in [0.15, 0.2) is 11.5 Å². The molecule has 2 aromatic carbocycles. The smallest absolute Gasteiger partial charge is 0.323 e. The topological polar surface area (TPSA) is 79.1 Å². The second-order valence-electron chi connectivity index (χ2n) is 5.86. The molecule has 1 aromatic heterocycles. The van der Waals surface area contributed by atoms with E-state index >= 15 is 0 Å². The number of rotatable bonds is 8. The molecule has 0 aliphatic carbocycles. The number of H-pyrrole nitrogens is 2. The molecule has 0 aliphatic heterocycles. The minimum absolute atomic E-state index is 0.205. The molecular formula is C19H22BrN3O3. The van der Waals surface area contributed by atoms with Crippen molar-refractivity contribution >= 4 is 32.7 Å². The number of fused-ring (bicyclic) bond motifs is 1. The largest absolute Gasteiger partial charge is 0.490 e. The number of hydrogen-bond donors (Lipinski definition) is 3. The van der Waals surface area contributed by atoms with Gasteiger partial charge in [-0.3, -0.25) is 0 Å². The van der Waals surface area contributed by atoms with Gasteiger partial charge < -0.3 is 24.8 Å². The van der Waals surface area contributed by atoms with Gasteiger partial charge in [0.25, 0.3) is 0 Å². The van der Waals surface area contributed by atoms with Crippen LogP contribution in [0.1, 0.15) is 25.8 Å². The number of imidazole rings is 1. The fourth-order valence-corrected chi connectivity index (χ4v) is 3.11. The normalized spacial score (nSPS) is 10.9. The number of anilines is 1. The lowest BCUT2D eigenvalue weighted by Gasteiger charge is -2.15. The highest BCUT2D eigenvalue weighted by Gasteiger charge is 2.11. The van der Waals surface area contributed by atoms with E-state index in [1.807, 2.05) is 37.3 Å². The lowest BCUT2D eigenvalue weighted by atomic mass is 10.2. The van der Waals surface area contributed by atoms with Crippen LogP contribution in [0.25, 0.3) is 11.0 Å². The molecule has 0 bridgehead atoms. The van der Waals surface area contributed by atoms with Gasteiger partial charge in [-0.25, -0.2) is 4.79 Å². The zero-order valence-corrected chi connectivity index (χ0v) is 16.4. The highest BCUT2D eigenvalue weighted by Crippen LogP contribution is 2.34. The molecule has 0 spiro atoms. The number of benzene rings is 2. The van der Waals surface area contributed by atoms with Crippen molar-refractivity contribution in [2.45, 2.75) is 26.8 Å². The molecule has 0 saturated heterocycles. The summed E-state index contributed by atoms with van der Waals surface area (Å²) in [4.78, 5) is 16.9. The Labute approximate surface area is 160 Å². The standard InChI is InChI=1S/C19H22BrN3O3/c1-3-7-26-18-10-14(20)12(8-17(18)25-4-2)11-21-13-5-6-15-16(9-13)23-19(24)22-15/h5-6,8-10,21H,3-4,7,11H2,1-2H3,(H2,22,23,24). The Morgan fingerprint density at radius 2 is 1.81 bits per heavy atom. The average Bonchev–Trinajstić information content (AvgIpc) is 2.99. The maximum Gasteiger partial charge on any atom is 0.323 e. The van der Waals surface area contributed by atoms with E-state index in [0.29, 0.717) is 19.8 Å². The monoisotopic (exact) mass is 419 g/mol. The van der Waals surface area contributed by atoms with Gasteiger partial charge in [0.05, 0.1) is 24.2 Å². The zero-order valence-electron chi connectivity index (χ0n) is 14.8. The molecule has 1 heterocycles. The molecule has 3 N–H and O–H groups in total. The van der Waals surface area contributed by atoms with E-state index in [1.54, 1.807) is 0 Å². The van der Waals surface area contributed by atoms with Crippen LogP contribution in [-0.4, -0.2) is 23.2 Å². The molecule has 0 saturated carbocycles. The molecule has 7 heteroatoms. The Morgan fingerprint density at radius 3 is 2.58 bits per heavy atom. The highest BCUT2D eigenvalue weighted by atomic mass is 79.9. The first kappa shape index (κ1) is 18.4. The Kier molecular flexibility index (Phi) is 5.88. The van der Waals surface area contributed by atoms with Crippen LogP contribution in [0, 0.1) is 0 Å². The first-order chi connectivity index (χ1) is 12.6. The van der Waals surface area contributed by atoms with Crippen molar-refractivity contribution in [3.8, 4) is 11.5 Å². The van der Waals surface area contributed by atoms with Crippen LogP contribution >= 0.6 is 15.9 Å². The molecule has 0 radical (unpaired) electrons. The number of aromatic nitrogens is 2. The fraction of sp³-hybridized carbons (Fsp3) is 0.316. The van der Waals surface area contributed by atoms with Crippen molar-refractivity contribution in [1.82, 2.24) is 9.97 Å². The third-order valence-corrected chi connectivity index (χ3v) is 4.61. The zero-order chi connectivity index (χ0) is 18.5. The number of aromatic amines is 2. The van der Waals surface area contributed by atoms with Crippen molar-refractivity contribution in [1.29, 1.82) is 0 Å². The predicted octanol–water partition coefficient (Wildman–Crippen LogP) is 4.42. The van der Waals surface area contributed by atoms with E-state index in [0.717, 1.165) is 44.7 Å². The summed E-state index contributed by atoms with van der Waals surface area (Å²) >= 11 is 3.61. The quantitative estimate of drug-likeness (QED) is 0.504. The van der Waals surface area contributed by atoms with Gasteiger partial charge >= 0.3 is 5.69 Å². The van der Waals surface area contributed by atoms with E-state index in [9.17, 15) is 4.79 Å². The number of hydrogen-bond acceptors (Lipinski definition) is 4. The van der Waals surface area contributed by atoms with E-state index in [-0.39, 0.29) is 5.69 Å². The summed E-state index contributed by atoms with van der Waals surface area (Å²) in [5.74, 6) is 1.49. The van der Waals surface area contributed by atoms with Crippen LogP contribution in [0.4, 0.5) is 5.69 Å². The summed E-state index contributed by atoms with van der Waals surface area (Å²) in [7, 11) is 0. The summed E-state index contributed by atoms with van der Waals surface area (Å²) in [6, 6.07) is 9.65. The third-order valence-electron chi connectivity index (χ3n) is 3.87. The second-order valence-corrected chi connectivity index (χ2v) is 6.72. The molecule has 3 rings (SSSR count). The van der Waals surface area contributed by atoms with Gasteiger partial charge in [-0.1, -0.05) is 22.9 Å². The SMILES string of the molecule is CCCOc1cc(Br)c(CNc2ccc3[nH]c(=O)[nH]c3c2)cc1OCC. The summed E-state index contributed by atoms with van der Waals surface area (Å²) in [5.41, 5.74) is 3.34. The Balaban J connectivity index is 1.78. The van der Waals surface area contributed by atoms with Crippen molar-refractivity contribution < 1.29 is 9.47 Å².